The Labute approximate surface area is 211 Å². The van der Waals surface area contributed by atoms with E-state index in [0.717, 1.165) is 12.8 Å². The number of piperazine rings is 1. The Bertz CT molecular complexity index is 1280. The zero-order chi connectivity index (χ0) is 27.1. The number of fused-ring (bicyclic) bond motifs is 1. The summed E-state index contributed by atoms with van der Waals surface area (Å²) in [6.45, 7) is 5.42. The number of aromatic hydroxyl groups is 1. The summed E-state index contributed by atoms with van der Waals surface area (Å²) >= 11 is 0. The molecule has 10 nitrogen and oxygen atoms in total. The first-order valence-electron chi connectivity index (χ1n) is 12.3. The van der Waals surface area contributed by atoms with E-state index in [2.05, 4.69) is 10.4 Å². The number of halogens is 3. The van der Waals surface area contributed by atoms with Gasteiger partial charge in [0.2, 0.25) is 11.5 Å². The number of nitrogens with one attached hydrogen (secondary N) is 2. The summed E-state index contributed by atoms with van der Waals surface area (Å²) in [4.78, 5) is 41.5. The maximum Gasteiger partial charge on any atom is 0.401 e. The molecule has 0 aromatic carbocycles. The molecule has 4 rings (SSSR count). The summed E-state index contributed by atoms with van der Waals surface area (Å²) in [5.74, 6) is -1.40. The second-order valence-electron chi connectivity index (χ2n) is 10.1. The number of aryl methyl sites for hydroxylation is 1. The van der Waals surface area contributed by atoms with Crippen molar-refractivity contribution in [3.63, 3.8) is 0 Å². The molecule has 0 atom stereocenters. The molecule has 0 bridgehead atoms. The minimum absolute atomic E-state index is 0.00393. The Morgan fingerprint density at radius 1 is 1.22 bits per heavy atom. The summed E-state index contributed by atoms with van der Waals surface area (Å²) in [7, 11) is 0. The van der Waals surface area contributed by atoms with Crippen LogP contribution in [-0.2, 0) is 11.3 Å². The summed E-state index contributed by atoms with van der Waals surface area (Å²) in [5, 5.41) is 16.7. The number of hydrogen-bond donors (Lipinski definition) is 3. The minimum atomic E-state index is -4.29. The standard InChI is InChI=1S/C24H31F3N6O4/c1-14(2)12-32-21-17(6-7-18(34)31-10-8-30(9-11-31)13-24(25,26)27)15(3)29-33(21)23(37)19(22(32)36)20(35)28-16-4-5-16/h6-7,14,16H,4-5,8-13H2,1-3H3,(H2,28,35,36,37)/p+1/b7-6+. The van der Waals surface area contributed by atoms with E-state index in [1.807, 2.05) is 13.8 Å². The third-order valence-electron chi connectivity index (χ3n) is 6.45. The van der Waals surface area contributed by atoms with E-state index in [1.165, 1.54) is 31.0 Å². The fourth-order valence-corrected chi connectivity index (χ4v) is 4.49. The van der Waals surface area contributed by atoms with Gasteiger partial charge in [0.1, 0.15) is 0 Å². The number of amides is 2. The average Bonchev–Trinajstić information content (AvgIpc) is 3.55. The lowest BCUT2D eigenvalue weighted by molar-refractivity contribution is -0.686. The predicted molar refractivity (Wildman–Crippen MR) is 128 cm³/mol. The number of rotatable bonds is 7. The van der Waals surface area contributed by atoms with E-state index in [4.69, 9.17) is 0 Å². The maximum absolute atomic E-state index is 13.2. The van der Waals surface area contributed by atoms with Gasteiger partial charge >= 0.3 is 23.3 Å². The van der Waals surface area contributed by atoms with Crippen molar-refractivity contribution in [1.29, 1.82) is 0 Å². The monoisotopic (exact) mass is 525 g/mol. The van der Waals surface area contributed by atoms with Crippen LogP contribution in [-0.4, -0.2) is 81.3 Å². The van der Waals surface area contributed by atoms with Crippen molar-refractivity contribution in [2.24, 2.45) is 5.92 Å². The first-order chi connectivity index (χ1) is 17.4. The second-order valence-corrected chi connectivity index (χ2v) is 10.1. The molecule has 1 aliphatic heterocycles. The Morgan fingerprint density at radius 2 is 1.86 bits per heavy atom. The quantitative estimate of drug-likeness (QED) is 0.371. The van der Waals surface area contributed by atoms with Gasteiger partial charge in [0.25, 0.3) is 5.91 Å². The molecule has 37 heavy (non-hydrogen) atoms. The van der Waals surface area contributed by atoms with E-state index >= 15 is 0 Å². The number of alkyl halides is 3. The molecular formula is C24H32F3N6O4+. The zero-order valence-electron chi connectivity index (χ0n) is 21.1. The fourth-order valence-electron chi connectivity index (χ4n) is 4.49. The average molecular weight is 526 g/mol. The van der Waals surface area contributed by atoms with Gasteiger partial charge in [-0.25, -0.2) is 9.89 Å². The summed E-state index contributed by atoms with van der Waals surface area (Å²) in [6.07, 6.45) is 0.191. The molecule has 0 spiro atoms. The topological polar surface area (TPSA) is 114 Å². The Hall–Kier alpha value is -3.35. The van der Waals surface area contributed by atoms with Crippen molar-refractivity contribution >= 4 is 23.5 Å². The Kier molecular flexibility index (Phi) is 7.36. The molecule has 1 saturated heterocycles. The fraction of sp³-hybridized carbons (Fsp3) is 0.583. The number of nitrogens with zero attached hydrogens (tertiary/aromatic N) is 4. The van der Waals surface area contributed by atoms with Crippen molar-refractivity contribution in [3.05, 3.63) is 33.3 Å². The lowest BCUT2D eigenvalue weighted by Crippen LogP contribution is -2.50. The number of carbonyl (C=O) groups excluding carboxylic acids is 2. The van der Waals surface area contributed by atoms with E-state index in [-0.39, 0.29) is 49.6 Å². The molecule has 3 N–H and O–H groups in total. The number of hydrogen-bond acceptors (Lipinski definition) is 5. The number of aromatic nitrogens is 3. The van der Waals surface area contributed by atoms with Gasteiger partial charge in [0.05, 0.1) is 24.3 Å². The lowest BCUT2D eigenvalue weighted by atomic mass is 10.1. The molecule has 2 fully saturated rings. The molecule has 2 amide bonds. The van der Waals surface area contributed by atoms with Gasteiger partial charge in [-0.2, -0.15) is 17.7 Å². The largest absolute Gasteiger partial charge is 0.477 e. The van der Waals surface area contributed by atoms with Gasteiger partial charge < -0.3 is 15.3 Å². The normalized spacial score (nSPS) is 17.3. The molecule has 0 radical (unpaired) electrons. The number of aromatic amines is 1. The first kappa shape index (κ1) is 26.7. The molecule has 1 saturated carbocycles. The molecule has 2 aliphatic rings. The highest BCUT2D eigenvalue weighted by molar-refractivity contribution is 5.96. The van der Waals surface area contributed by atoms with Crippen LogP contribution in [0.3, 0.4) is 0 Å². The van der Waals surface area contributed by atoms with Gasteiger partial charge in [-0.3, -0.25) is 14.5 Å². The van der Waals surface area contributed by atoms with Crippen molar-refractivity contribution in [1.82, 2.24) is 24.7 Å². The smallest absolute Gasteiger partial charge is 0.401 e. The van der Waals surface area contributed by atoms with Crippen LogP contribution in [0.5, 0.6) is 5.88 Å². The Balaban J connectivity index is 1.64. The van der Waals surface area contributed by atoms with Gasteiger partial charge in [0, 0.05) is 38.3 Å². The number of carbonyl (C=O) groups is 2. The highest BCUT2D eigenvalue weighted by atomic mass is 19.4. The van der Waals surface area contributed by atoms with Gasteiger partial charge in [0.15, 0.2) is 0 Å². The lowest BCUT2D eigenvalue weighted by Gasteiger charge is -2.34. The van der Waals surface area contributed by atoms with Gasteiger partial charge in [-0.1, -0.05) is 18.4 Å². The van der Waals surface area contributed by atoms with Crippen LogP contribution in [0.2, 0.25) is 0 Å². The molecular weight excluding hydrogens is 493 g/mol. The van der Waals surface area contributed by atoms with Crippen LogP contribution in [0.1, 0.15) is 48.3 Å². The highest BCUT2D eigenvalue weighted by Crippen LogP contribution is 2.22. The minimum Gasteiger partial charge on any atom is -0.477 e. The van der Waals surface area contributed by atoms with Gasteiger partial charge in [-0.15, -0.1) is 0 Å². The van der Waals surface area contributed by atoms with Crippen molar-refractivity contribution in [2.45, 2.75) is 52.4 Å². The van der Waals surface area contributed by atoms with Crippen LogP contribution in [0.25, 0.3) is 11.7 Å². The first-order valence-corrected chi connectivity index (χ1v) is 12.3. The Morgan fingerprint density at radius 3 is 2.43 bits per heavy atom. The van der Waals surface area contributed by atoms with Crippen LogP contribution in [0.15, 0.2) is 10.9 Å². The zero-order valence-corrected chi connectivity index (χ0v) is 21.1. The van der Waals surface area contributed by atoms with E-state index in [1.54, 1.807) is 6.92 Å². The van der Waals surface area contributed by atoms with Crippen LogP contribution in [0.4, 0.5) is 13.2 Å². The van der Waals surface area contributed by atoms with E-state index in [9.17, 15) is 32.7 Å². The molecule has 2 aromatic heterocycles. The van der Waals surface area contributed by atoms with Crippen molar-refractivity contribution < 1.29 is 32.4 Å². The molecule has 202 valence electrons. The summed E-state index contributed by atoms with van der Waals surface area (Å²) in [6, 6.07) is -0.00393. The van der Waals surface area contributed by atoms with Crippen molar-refractivity contribution in [3.8, 4) is 5.88 Å². The highest BCUT2D eigenvalue weighted by Gasteiger charge is 2.35. The summed E-state index contributed by atoms with van der Waals surface area (Å²) < 4.78 is 40.6. The van der Waals surface area contributed by atoms with Crippen LogP contribution < -0.4 is 15.4 Å². The van der Waals surface area contributed by atoms with Crippen LogP contribution >= 0.6 is 0 Å². The molecule has 1 aliphatic carbocycles. The van der Waals surface area contributed by atoms with E-state index < -0.39 is 30.1 Å². The second kappa shape index (κ2) is 10.2. The SMILES string of the molecule is Cc1[nH]n2c(=O)c(C(=O)NC3CC3)c(O)[n+](CC(C)C)c2c1/C=C/C(=O)N1CCN(CC(F)(F)F)CC1. The van der Waals surface area contributed by atoms with Gasteiger partial charge in [-0.05, 0) is 31.8 Å². The van der Waals surface area contributed by atoms with Crippen molar-refractivity contribution in [2.75, 3.05) is 32.7 Å². The third kappa shape index (κ3) is 5.97. The van der Waals surface area contributed by atoms with E-state index in [0.29, 0.717) is 23.4 Å². The molecule has 3 heterocycles. The maximum atomic E-state index is 13.2. The molecule has 0 unspecified atom stereocenters. The number of H-pyrrole nitrogens is 1. The third-order valence-corrected chi connectivity index (χ3v) is 6.45. The van der Waals surface area contributed by atoms with Crippen LogP contribution in [0, 0.1) is 12.8 Å². The summed E-state index contributed by atoms with van der Waals surface area (Å²) in [5.41, 5.74) is 0.255. The molecule has 2 aromatic rings. The molecule has 13 heteroatoms. The predicted octanol–water partition coefficient (Wildman–Crippen LogP) is 1.20.